The molecule has 0 saturated heterocycles. The smallest absolute Gasteiger partial charge is 0.420 e. The summed E-state index contributed by atoms with van der Waals surface area (Å²) >= 11 is 0. The monoisotopic (exact) mass is 458 g/mol. The van der Waals surface area contributed by atoms with E-state index in [0.29, 0.717) is 40.4 Å². The predicted octanol–water partition coefficient (Wildman–Crippen LogP) is 4.67. The van der Waals surface area contributed by atoms with Gasteiger partial charge in [-0.1, -0.05) is 35.5 Å². The second-order valence-corrected chi connectivity index (χ2v) is 9.07. The number of pyridine rings is 1. The van der Waals surface area contributed by atoms with E-state index in [-0.39, 0.29) is 0 Å². The molecule has 3 heterocycles. The van der Waals surface area contributed by atoms with Crippen LogP contribution in [0.25, 0.3) is 33.1 Å². The summed E-state index contributed by atoms with van der Waals surface area (Å²) in [5, 5.41) is 4.82. The van der Waals surface area contributed by atoms with Crippen LogP contribution in [0.3, 0.4) is 0 Å². The molecule has 0 aliphatic carbocycles. The first-order valence-corrected chi connectivity index (χ1v) is 11.0. The SMILES string of the molecule is COc1cc2c(cc1-c1c(C)noc1C)nc(C(C)(C)N)c1oc(=O)n(Cc3ccccc3)c12. The van der Waals surface area contributed by atoms with Gasteiger partial charge in [0.2, 0.25) is 0 Å². The Morgan fingerprint density at radius 3 is 2.50 bits per heavy atom. The summed E-state index contributed by atoms with van der Waals surface area (Å²) in [4.78, 5) is 17.9. The molecule has 2 N–H and O–H groups in total. The van der Waals surface area contributed by atoms with Gasteiger partial charge in [-0.05, 0) is 45.4 Å². The Hall–Kier alpha value is -3.91. The number of methoxy groups -OCH3 is 1. The van der Waals surface area contributed by atoms with Gasteiger partial charge >= 0.3 is 5.76 Å². The van der Waals surface area contributed by atoms with E-state index in [0.717, 1.165) is 27.8 Å². The quantitative estimate of drug-likeness (QED) is 0.408. The number of hydrogen-bond donors (Lipinski definition) is 1. The molecule has 0 amide bonds. The zero-order valence-electron chi connectivity index (χ0n) is 19.8. The number of ether oxygens (including phenoxy) is 1. The first-order valence-electron chi connectivity index (χ1n) is 11.0. The van der Waals surface area contributed by atoms with E-state index >= 15 is 0 Å². The Labute approximate surface area is 195 Å². The molecule has 2 aromatic carbocycles. The van der Waals surface area contributed by atoms with Crippen LogP contribution in [0.1, 0.15) is 36.6 Å². The van der Waals surface area contributed by atoms with E-state index in [1.54, 1.807) is 11.7 Å². The Balaban J connectivity index is 1.89. The molecule has 0 atom stereocenters. The fourth-order valence-corrected chi connectivity index (χ4v) is 4.43. The molecule has 3 aromatic heterocycles. The lowest BCUT2D eigenvalue weighted by molar-refractivity contribution is 0.393. The van der Waals surface area contributed by atoms with Gasteiger partial charge in [-0.2, -0.15) is 0 Å². The lowest BCUT2D eigenvalue weighted by atomic mass is 9.96. The Morgan fingerprint density at radius 2 is 1.88 bits per heavy atom. The number of hydrogen-bond acceptors (Lipinski definition) is 7. The summed E-state index contributed by atoms with van der Waals surface area (Å²) in [7, 11) is 1.61. The third kappa shape index (κ3) is 3.47. The van der Waals surface area contributed by atoms with Gasteiger partial charge in [0.1, 0.15) is 22.7 Å². The number of aromatic nitrogens is 3. The number of fused-ring (bicyclic) bond motifs is 3. The second kappa shape index (κ2) is 7.85. The molecule has 0 aliphatic heterocycles. The van der Waals surface area contributed by atoms with Crippen LogP contribution in [0.2, 0.25) is 0 Å². The minimum absolute atomic E-state index is 0.351. The van der Waals surface area contributed by atoms with Crippen LogP contribution >= 0.6 is 0 Å². The molecule has 8 nitrogen and oxygen atoms in total. The van der Waals surface area contributed by atoms with E-state index in [4.69, 9.17) is 24.4 Å². The van der Waals surface area contributed by atoms with Gasteiger partial charge in [-0.25, -0.2) is 9.78 Å². The normalized spacial score (nSPS) is 12.1. The summed E-state index contributed by atoms with van der Waals surface area (Å²) in [5.74, 6) is 0.831. The molecule has 0 aliphatic rings. The minimum Gasteiger partial charge on any atom is -0.496 e. The van der Waals surface area contributed by atoms with Crippen LogP contribution in [-0.4, -0.2) is 21.8 Å². The van der Waals surface area contributed by atoms with E-state index in [2.05, 4.69) is 5.16 Å². The summed E-state index contributed by atoms with van der Waals surface area (Å²) in [6.07, 6.45) is 0. The topological polar surface area (TPSA) is 109 Å². The Morgan fingerprint density at radius 1 is 1.15 bits per heavy atom. The number of oxazole rings is 1. The molecule has 0 radical (unpaired) electrons. The lowest BCUT2D eigenvalue weighted by Crippen LogP contribution is -2.30. The van der Waals surface area contributed by atoms with Crippen LogP contribution < -0.4 is 16.2 Å². The van der Waals surface area contributed by atoms with Gasteiger partial charge in [0, 0.05) is 10.9 Å². The van der Waals surface area contributed by atoms with Crippen LogP contribution in [-0.2, 0) is 12.1 Å². The highest BCUT2D eigenvalue weighted by Gasteiger charge is 2.28. The molecule has 0 bridgehead atoms. The molecular formula is C26H26N4O4. The predicted molar refractivity (Wildman–Crippen MR) is 130 cm³/mol. The number of nitrogens with two attached hydrogens (primary N) is 1. The molecule has 174 valence electrons. The molecule has 0 fully saturated rings. The van der Waals surface area contributed by atoms with Crippen molar-refractivity contribution in [2.75, 3.05) is 7.11 Å². The summed E-state index contributed by atoms with van der Waals surface area (Å²) in [5.41, 5.74) is 11.2. The minimum atomic E-state index is -0.843. The first-order chi connectivity index (χ1) is 16.2. The molecular weight excluding hydrogens is 432 g/mol. The molecule has 0 unspecified atom stereocenters. The van der Waals surface area contributed by atoms with Gasteiger partial charge in [0.25, 0.3) is 0 Å². The van der Waals surface area contributed by atoms with Crippen LogP contribution in [0.5, 0.6) is 5.75 Å². The van der Waals surface area contributed by atoms with Crippen molar-refractivity contribution in [1.29, 1.82) is 0 Å². The Bertz CT molecular complexity index is 1570. The van der Waals surface area contributed by atoms with Crippen molar-refractivity contribution in [1.82, 2.24) is 14.7 Å². The van der Waals surface area contributed by atoms with E-state index in [9.17, 15) is 4.79 Å². The molecule has 8 heteroatoms. The zero-order valence-corrected chi connectivity index (χ0v) is 19.8. The number of nitrogens with zero attached hydrogens (tertiary/aromatic N) is 3. The van der Waals surface area contributed by atoms with Gasteiger partial charge < -0.3 is 19.4 Å². The zero-order chi connectivity index (χ0) is 24.2. The third-order valence-electron chi connectivity index (χ3n) is 6.01. The fraction of sp³-hybridized carbons (Fsp3) is 0.269. The standard InChI is InChI=1S/C26H26N4O4/c1-14-21(15(2)34-29-14)18-11-19-17(12-20(18)32-5)22-23(24(28-19)26(3,4)27)33-25(31)30(22)13-16-9-7-6-8-10-16/h6-12H,13,27H2,1-5H3. The second-order valence-electron chi connectivity index (χ2n) is 9.07. The van der Waals surface area contributed by atoms with Crippen LogP contribution in [0.4, 0.5) is 0 Å². The van der Waals surface area contributed by atoms with Crippen molar-refractivity contribution < 1.29 is 13.7 Å². The molecule has 34 heavy (non-hydrogen) atoms. The van der Waals surface area contributed by atoms with Gasteiger partial charge in [-0.15, -0.1) is 0 Å². The number of aryl methyl sites for hydroxylation is 2. The van der Waals surface area contributed by atoms with Gasteiger partial charge in [-0.3, -0.25) is 4.57 Å². The van der Waals surface area contributed by atoms with Crippen molar-refractivity contribution in [3.05, 3.63) is 75.7 Å². The van der Waals surface area contributed by atoms with Crippen molar-refractivity contribution in [3.63, 3.8) is 0 Å². The maximum Gasteiger partial charge on any atom is 0.420 e. The van der Waals surface area contributed by atoms with Gasteiger partial charge in [0.05, 0.1) is 36.0 Å². The van der Waals surface area contributed by atoms with E-state index < -0.39 is 11.3 Å². The molecule has 5 rings (SSSR count). The fourth-order valence-electron chi connectivity index (χ4n) is 4.43. The maximum absolute atomic E-state index is 13.0. The van der Waals surface area contributed by atoms with Crippen molar-refractivity contribution in [2.24, 2.45) is 5.73 Å². The summed E-state index contributed by atoms with van der Waals surface area (Å²) in [6, 6.07) is 13.6. The molecule has 0 spiro atoms. The van der Waals surface area contributed by atoms with E-state index in [1.807, 2.05) is 70.2 Å². The average Bonchev–Trinajstić information content (AvgIpc) is 3.30. The van der Waals surface area contributed by atoms with E-state index in [1.165, 1.54) is 0 Å². The van der Waals surface area contributed by atoms with Crippen LogP contribution in [0.15, 0.2) is 56.2 Å². The highest BCUT2D eigenvalue weighted by molar-refractivity contribution is 6.05. The highest BCUT2D eigenvalue weighted by atomic mass is 16.5. The van der Waals surface area contributed by atoms with Crippen molar-refractivity contribution in [2.45, 2.75) is 39.8 Å². The maximum atomic E-state index is 13.0. The van der Waals surface area contributed by atoms with Crippen LogP contribution in [0, 0.1) is 13.8 Å². The Kier molecular flexibility index (Phi) is 5.06. The molecule has 5 aromatic rings. The van der Waals surface area contributed by atoms with Gasteiger partial charge in [0.15, 0.2) is 5.58 Å². The average molecular weight is 459 g/mol. The lowest BCUT2D eigenvalue weighted by Gasteiger charge is -2.19. The molecule has 0 saturated carbocycles. The third-order valence-corrected chi connectivity index (χ3v) is 6.01. The number of benzene rings is 2. The largest absolute Gasteiger partial charge is 0.496 e. The van der Waals surface area contributed by atoms with Crippen molar-refractivity contribution in [3.8, 4) is 16.9 Å². The van der Waals surface area contributed by atoms with Crippen molar-refractivity contribution >= 4 is 22.0 Å². The highest BCUT2D eigenvalue weighted by Crippen LogP contribution is 2.40. The first kappa shape index (κ1) is 21.9. The summed E-state index contributed by atoms with van der Waals surface area (Å²) in [6.45, 7) is 7.78. The summed E-state index contributed by atoms with van der Waals surface area (Å²) < 4.78 is 18.5. The number of rotatable bonds is 5.